The van der Waals surface area contributed by atoms with Gasteiger partial charge >= 0.3 is 0 Å². The average molecular weight is 475 g/mol. The quantitative estimate of drug-likeness (QED) is 0.391. The van der Waals surface area contributed by atoms with Crippen molar-refractivity contribution in [1.82, 2.24) is 9.55 Å². The zero-order valence-electron chi connectivity index (χ0n) is 18.9. The van der Waals surface area contributed by atoms with Crippen LogP contribution in [0.1, 0.15) is 18.5 Å². The summed E-state index contributed by atoms with van der Waals surface area (Å²) in [6.07, 6.45) is 0. The number of nitrogens with one attached hydrogen (secondary N) is 2. The number of benzene rings is 3. The van der Waals surface area contributed by atoms with Crippen molar-refractivity contribution in [3.63, 3.8) is 0 Å². The maximum absolute atomic E-state index is 13.8. The Labute approximate surface area is 202 Å². The third-order valence-corrected chi connectivity index (χ3v) is 6.17. The Bertz CT molecular complexity index is 1430. The fourth-order valence-corrected chi connectivity index (χ4v) is 4.44. The largest absolute Gasteiger partial charge is 0.497 e. The van der Waals surface area contributed by atoms with Gasteiger partial charge in [0.2, 0.25) is 5.95 Å². The van der Waals surface area contributed by atoms with E-state index in [0.29, 0.717) is 39.4 Å². The Morgan fingerprint density at radius 1 is 1.06 bits per heavy atom. The molecule has 0 aliphatic carbocycles. The van der Waals surface area contributed by atoms with Gasteiger partial charge < -0.3 is 20.1 Å². The second-order valence-corrected chi connectivity index (χ2v) is 8.37. The van der Waals surface area contributed by atoms with Crippen LogP contribution in [0.25, 0.3) is 11.0 Å². The maximum atomic E-state index is 13.8. The minimum atomic E-state index is -0.412. The van der Waals surface area contributed by atoms with Crippen molar-refractivity contribution in [3.8, 4) is 11.5 Å². The number of methoxy groups -OCH3 is 2. The maximum Gasteiger partial charge on any atom is 0.255 e. The summed E-state index contributed by atoms with van der Waals surface area (Å²) >= 11 is 6.17. The van der Waals surface area contributed by atoms with Gasteiger partial charge in [0.25, 0.3) is 5.91 Å². The van der Waals surface area contributed by atoms with E-state index >= 15 is 0 Å². The number of nitrogens with zero attached hydrogens (tertiary/aromatic N) is 2. The van der Waals surface area contributed by atoms with Crippen molar-refractivity contribution in [3.05, 3.63) is 88.6 Å². The van der Waals surface area contributed by atoms with Crippen LogP contribution in [0.2, 0.25) is 5.02 Å². The lowest BCUT2D eigenvalue weighted by molar-refractivity contribution is -0.113. The van der Waals surface area contributed by atoms with Gasteiger partial charge in [-0.05, 0) is 48.9 Å². The van der Waals surface area contributed by atoms with E-state index in [2.05, 4.69) is 10.6 Å². The summed E-state index contributed by atoms with van der Waals surface area (Å²) in [5, 5.41) is 6.96. The van der Waals surface area contributed by atoms with Gasteiger partial charge in [-0.25, -0.2) is 4.98 Å². The average Bonchev–Trinajstić information content (AvgIpc) is 3.21. The fourth-order valence-electron chi connectivity index (χ4n) is 4.31. The summed E-state index contributed by atoms with van der Waals surface area (Å²) in [4.78, 5) is 18.5. The number of ether oxygens (including phenoxy) is 2. The predicted molar refractivity (Wildman–Crippen MR) is 134 cm³/mol. The molecule has 1 amide bonds. The summed E-state index contributed by atoms with van der Waals surface area (Å²) in [7, 11) is 3.14. The molecular weight excluding hydrogens is 452 g/mol. The summed E-state index contributed by atoms with van der Waals surface area (Å²) in [5.74, 6) is 1.57. The highest BCUT2D eigenvalue weighted by Gasteiger charge is 2.34. The van der Waals surface area contributed by atoms with Gasteiger partial charge in [-0.15, -0.1) is 0 Å². The number of hydrogen-bond acceptors (Lipinski definition) is 5. The molecule has 1 aliphatic heterocycles. The number of carbonyl (C=O) groups is 1. The van der Waals surface area contributed by atoms with Crippen molar-refractivity contribution in [2.24, 2.45) is 0 Å². The minimum Gasteiger partial charge on any atom is -0.497 e. The van der Waals surface area contributed by atoms with Crippen LogP contribution < -0.4 is 20.1 Å². The van der Waals surface area contributed by atoms with Crippen LogP contribution in [0.15, 0.2) is 78.0 Å². The molecule has 1 aromatic heterocycles. The Morgan fingerprint density at radius 3 is 2.56 bits per heavy atom. The lowest BCUT2D eigenvalue weighted by Gasteiger charge is -2.31. The van der Waals surface area contributed by atoms with Crippen molar-refractivity contribution in [2.45, 2.75) is 13.0 Å². The number of fused-ring (bicyclic) bond motifs is 3. The van der Waals surface area contributed by atoms with E-state index in [4.69, 9.17) is 26.1 Å². The number of allylic oxidation sites excluding steroid dienone is 1. The smallest absolute Gasteiger partial charge is 0.255 e. The summed E-state index contributed by atoms with van der Waals surface area (Å²) in [5.41, 5.74) is 4.51. The number of hydrogen-bond donors (Lipinski definition) is 2. The molecule has 172 valence electrons. The molecular formula is C26H23ClN4O3. The molecule has 1 atom stereocenters. The van der Waals surface area contributed by atoms with E-state index in [-0.39, 0.29) is 5.91 Å². The molecule has 3 aromatic carbocycles. The highest BCUT2D eigenvalue weighted by molar-refractivity contribution is 6.30. The summed E-state index contributed by atoms with van der Waals surface area (Å²) < 4.78 is 12.8. The minimum absolute atomic E-state index is 0.253. The van der Waals surface area contributed by atoms with Crippen LogP contribution in [0, 0.1) is 0 Å². The standard InChI is InChI=1S/C26H23ClN4O3/c1-15-23(25(32)29-20-13-12-18(33-2)14-22(20)34-3)24(16-8-10-17(27)11-9-16)31-21-7-5-4-6-19(21)30-26(31)28-15/h4-14,24H,1-3H3,(H,28,30)(H,29,32)/t24-/m0/s1. The molecule has 0 spiro atoms. The first-order valence-corrected chi connectivity index (χ1v) is 11.1. The lowest BCUT2D eigenvalue weighted by atomic mass is 9.94. The Hall–Kier alpha value is -3.97. The van der Waals surface area contributed by atoms with Crippen LogP contribution in [0.4, 0.5) is 11.6 Å². The van der Waals surface area contributed by atoms with E-state index in [0.717, 1.165) is 16.6 Å². The number of imidazole rings is 1. The van der Waals surface area contributed by atoms with Gasteiger partial charge in [0.05, 0.1) is 42.6 Å². The molecule has 1 aliphatic rings. The monoisotopic (exact) mass is 474 g/mol. The van der Waals surface area contributed by atoms with Gasteiger partial charge in [0.1, 0.15) is 11.5 Å². The highest BCUT2D eigenvalue weighted by atomic mass is 35.5. The second-order valence-electron chi connectivity index (χ2n) is 7.93. The number of anilines is 2. The molecule has 4 aromatic rings. The molecule has 0 fully saturated rings. The third kappa shape index (κ3) is 3.74. The van der Waals surface area contributed by atoms with Gasteiger partial charge in [-0.3, -0.25) is 9.36 Å². The summed E-state index contributed by atoms with van der Waals surface area (Å²) in [6, 6.07) is 20.2. The normalized spacial score (nSPS) is 15.0. The van der Waals surface area contributed by atoms with Crippen LogP contribution in [-0.2, 0) is 4.79 Å². The summed E-state index contributed by atoms with van der Waals surface area (Å²) in [6.45, 7) is 1.88. The number of aromatic nitrogens is 2. The first kappa shape index (κ1) is 21.9. The van der Waals surface area contributed by atoms with Crippen LogP contribution in [-0.4, -0.2) is 29.7 Å². The van der Waals surface area contributed by atoms with Gasteiger partial charge in [0.15, 0.2) is 0 Å². The van der Waals surface area contributed by atoms with E-state index in [1.807, 2.05) is 60.0 Å². The Balaban J connectivity index is 1.63. The molecule has 0 unspecified atom stereocenters. The Kier molecular flexibility index (Phi) is 5.63. The predicted octanol–water partition coefficient (Wildman–Crippen LogP) is 5.63. The molecule has 7 nitrogen and oxygen atoms in total. The van der Waals surface area contributed by atoms with Crippen LogP contribution in [0.3, 0.4) is 0 Å². The fraction of sp³-hybridized carbons (Fsp3) is 0.154. The molecule has 0 radical (unpaired) electrons. The van der Waals surface area contributed by atoms with Crippen molar-refractivity contribution < 1.29 is 14.3 Å². The lowest BCUT2D eigenvalue weighted by Crippen LogP contribution is -2.31. The first-order chi connectivity index (χ1) is 16.5. The van der Waals surface area contributed by atoms with E-state index in [1.165, 1.54) is 0 Å². The number of para-hydroxylation sites is 2. The zero-order valence-corrected chi connectivity index (χ0v) is 19.7. The van der Waals surface area contributed by atoms with Gasteiger partial charge in [-0.1, -0.05) is 35.9 Å². The van der Waals surface area contributed by atoms with Crippen molar-refractivity contribution >= 4 is 40.2 Å². The molecule has 0 saturated carbocycles. The SMILES string of the molecule is COc1ccc(NC(=O)C2=C(C)Nc3nc4ccccc4n3[C@H]2c2ccc(Cl)cc2)c(OC)c1. The Morgan fingerprint density at radius 2 is 1.82 bits per heavy atom. The molecule has 8 heteroatoms. The number of halogens is 1. The van der Waals surface area contributed by atoms with Crippen molar-refractivity contribution in [2.75, 3.05) is 24.9 Å². The van der Waals surface area contributed by atoms with Gasteiger partial charge in [-0.2, -0.15) is 0 Å². The number of amides is 1. The van der Waals surface area contributed by atoms with E-state index in [1.54, 1.807) is 32.4 Å². The second kappa shape index (κ2) is 8.76. The van der Waals surface area contributed by atoms with Crippen LogP contribution in [0.5, 0.6) is 11.5 Å². The molecule has 2 heterocycles. The molecule has 34 heavy (non-hydrogen) atoms. The van der Waals surface area contributed by atoms with Gasteiger partial charge in [0, 0.05) is 16.8 Å². The molecule has 0 bridgehead atoms. The topological polar surface area (TPSA) is 77.4 Å². The molecule has 0 saturated heterocycles. The van der Waals surface area contributed by atoms with E-state index in [9.17, 15) is 4.79 Å². The van der Waals surface area contributed by atoms with Crippen LogP contribution >= 0.6 is 11.6 Å². The third-order valence-electron chi connectivity index (χ3n) is 5.92. The van der Waals surface area contributed by atoms with E-state index < -0.39 is 6.04 Å². The zero-order chi connectivity index (χ0) is 23.8. The molecule has 5 rings (SSSR count). The highest BCUT2D eigenvalue weighted by Crippen LogP contribution is 2.40. The number of carbonyl (C=O) groups excluding carboxylic acids is 1. The molecule has 2 N–H and O–H groups in total. The van der Waals surface area contributed by atoms with Crippen molar-refractivity contribution in [1.29, 1.82) is 0 Å². The number of rotatable bonds is 5. The first-order valence-electron chi connectivity index (χ1n) is 10.7.